The van der Waals surface area contributed by atoms with Gasteiger partial charge >= 0.3 is 11.9 Å². The summed E-state index contributed by atoms with van der Waals surface area (Å²) in [6.07, 6.45) is 2.91. The lowest BCUT2D eigenvalue weighted by Gasteiger charge is -2.51. The summed E-state index contributed by atoms with van der Waals surface area (Å²) in [5.74, 6) is -0.176. The van der Waals surface area contributed by atoms with Crippen molar-refractivity contribution in [2.75, 3.05) is 26.2 Å². The molecule has 0 aliphatic carbocycles. The largest absolute Gasteiger partial charge is 0.496 e. The van der Waals surface area contributed by atoms with Gasteiger partial charge in [-0.25, -0.2) is 14.6 Å². The third-order valence-electron chi connectivity index (χ3n) is 7.26. The van der Waals surface area contributed by atoms with Gasteiger partial charge in [-0.3, -0.25) is 4.90 Å². The number of fused-ring (bicyclic) bond motifs is 2. The number of carbonyl (C=O) groups is 2. The van der Waals surface area contributed by atoms with Crippen LogP contribution in [0, 0.1) is 6.92 Å². The highest BCUT2D eigenvalue weighted by molar-refractivity contribution is 6.16. The molecular formula is C31H30N2O6. The van der Waals surface area contributed by atoms with Gasteiger partial charge in [0.1, 0.15) is 11.6 Å². The van der Waals surface area contributed by atoms with Crippen molar-refractivity contribution >= 4 is 34.2 Å². The molecule has 0 saturated heterocycles. The Morgan fingerprint density at radius 1 is 1.00 bits per heavy atom. The first-order valence-electron chi connectivity index (χ1n) is 12.7. The molecule has 1 atom stereocenters. The maximum absolute atomic E-state index is 13.2. The Labute approximate surface area is 226 Å². The minimum atomic E-state index is -1.21. The first-order valence-corrected chi connectivity index (χ1v) is 12.7. The molecule has 0 saturated carbocycles. The van der Waals surface area contributed by atoms with Gasteiger partial charge in [-0.15, -0.1) is 0 Å². The minimum Gasteiger partial charge on any atom is -0.496 e. The summed E-state index contributed by atoms with van der Waals surface area (Å²) in [4.78, 5) is 32.5. The van der Waals surface area contributed by atoms with Crippen LogP contribution in [0.4, 0.5) is 11.5 Å². The van der Waals surface area contributed by atoms with Gasteiger partial charge < -0.3 is 19.3 Å². The molecule has 0 bridgehead atoms. The number of benzene rings is 3. The molecule has 0 spiro atoms. The van der Waals surface area contributed by atoms with Gasteiger partial charge in [-0.1, -0.05) is 31.5 Å². The van der Waals surface area contributed by atoms with E-state index in [1.807, 2.05) is 61.2 Å². The van der Waals surface area contributed by atoms with Gasteiger partial charge in [0.15, 0.2) is 5.72 Å². The quantitative estimate of drug-likeness (QED) is 0.298. The molecule has 1 aliphatic heterocycles. The maximum Gasteiger partial charge on any atom is 0.339 e. The van der Waals surface area contributed by atoms with E-state index in [0.29, 0.717) is 34.5 Å². The van der Waals surface area contributed by atoms with Crippen LogP contribution >= 0.6 is 0 Å². The molecule has 4 aromatic rings. The zero-order chi connectivity index (χ0) is 27.9. The third-order valence-corrected chi connectivity index (χ3v) is 7.26. The van der Waals surface area contributed by atoms with Gasteiger partial charge in [0.25, 0.3) is 0 Å². The molecule has 1 aliphatic rings. The molecule has 0 unspecified atom stereocenters. The number of esters is 2. The lowest BCUT2D eigenvalue weighted by molar-refractivity contribution is 0.0148. The van der Waals surface area contributed by atoms with Crippen LogP contribution < -0.4 is 9.64 Å². The Balaban J connectivity index is 1.81. The Bertz CT molecular complexity index is 1610. The highest BCUT2D eigenvalue weighted by atomic mass is 16.5. The van der Waals surface area contributed by atoms with Crippen molar-refractivity contribution in [2.24, 2.45) is 0 Å². The third kappa shape index (κ3) is 4.08. The summed E-state index contributed by atoms with van der Waals surface area (Å²) in [6, 6.07) is 16.6. The van der Waals surface area contributed by atoms with E-state index in [1.54, 1.807) is 25.4 Å². The van der Waals surface area contributed by atoms with Gasteiger partial charge in [-0.2, -0.15) is 0 Å². The fourth-order valence-corrected chi connectivity index (χ4v) is 5.52. The number of aryl methyl sites for hydroxylation is 1. The predicted molar refractivity (Wildman–Crippen MR) is 149 cm³/mol. The summed E-state index contributed by atoms with van der Waals surface area (Å²) < 4.78 is 15.7. The predicted octanol–water partition coefficient (Wildman–Crippen LogP) is 5.89. The molecule has 1 aromatic heterocycles. The summed E-state index contributed by atoms with van der Waals surface area (Å²) >= 11 is 0. The topological polar surface area (TPSA) is 98.2 Å². The van der Waals surface area contributed by atoms with E-state index in [4.69, 9.17) is 14.2 Å². The molecule has 2 heterocycles. The molecule has 0 radical (unpaired) electrons. The number of para-hydroxylation sites is 1. The van der Waals surface area contributed by atoms with Crippen molar-refractivity contribution < 1.29 is 28.9 Å². The number of pyridine rings is 1. The Morgan fingerprint density at radius 2 is 1.74 bits per heavy atom. The van der Waals surface area contributed by atoms with Crippen molar-refractivity contribution in [2.45, 2.75) is 32.4 Å². The summed E-state index contributed by atoms with van der Waals surface area (Å²) in [6.45, 7) is 3.93. The second-order valence-corrected chi connectivity index (χ2v) is 9.52. The van der Waals surface area contributed by atoms with Crippen molar-refractivity contribution in [3.8, 4) is 16.9 Å². The summed E-state index contributed by atoms with van der Waals surface area (Å²) in [5.41, 5.74) is 2.65. The van der Waals surface area contributed by atoms with Crippen LogP contribution in [0.1, 0.15) is 51.6 Å². The number of hydrogen-bond donors (Lipinski definition) is 1. The number of anilines is 2. The number of aliphatic hydroxyl groups is 1. The highest BCUT2D eigenvalue weighted by Crippen LogP contribution is 2.53. The fourth-order valence-electron chi connectivity index (χ4n) is 5.52. The summed E-state index contributed by atoms with van der Waals surface area (Å²) in [7, 11) is 4.12. The fraction of sp³-hybridized carbons (Fsp3) is 0.258. The van der Waals surface area contributed by atoms with E-state index in [1.165, 1.54) is 14.2 Å². The number of methoxy groups -OCH3 is 3. The molecule has 200 valence electrons. The van der Waals surface area contributed by atoms with E-state index in [0.717, 1.165) is 28.6 Å². The van der Waals surface area contributed by atoms with Gasteiger partial charge in [0.05, 0.1) is 38.1 Å². The average molecular weight is 527 g/mol. The van der Waals surface area contributed by atoms with Crippen LogP contribution in [0.3, 0.4) is 0 Å². The first kappa shape index (κ1) is 26.2. The highest BCUT2D eigenvalue weighted by Gasteiger charge is 2.48. The molecule has 8 heteroatoms. The molecular weight excluding hydrogens is 496 g/mol. The van der Waals surface area contributed by atoms with E-state index >= 15 is 0 Å². The number of aromatic nitrogens is 1. The molecule has 0 amide bonds. The van der Waals surface area contributed by atoms with Gasteiger partial charge in [0.2, 0.25) is 0 Å². The standard InChI is InChI=1S/C31H30N2O6/c1-6-12-31(36)23-9-7-8-10-24(23)33(31)26-17-19(11-13-32-26)27-21-14-18(2)25(37-3)16-20(21)15-22(29(34)38-4)28(27)30(35)39-5/h7-11,13-17,36H,6,12H2,1-5H3/t31-/m1/s1. The Kier molecular flexibility index (Phi) is 6.74. The van der Waals surface area contributed by atoms with Crippen molar-refractivity contribution in [3.05, 3.63) is 83.0 Å². The van der Waals surface area contributed by atoms with Crippen LogP contribution in [-0.2, 0) is 15.2 Å². The smallest absolute Gasteiger partial charge is 0.339 e. The van der Waals surface area contributed by atoms with Crippen LogP contribution in [0.15, 0.2) is 60.8 Å². The normalized spacial score (nSPS) is 15.9. The van der Waals surface area contributed by atoms with E-state index in [-0.39, 0.29) is 11.1 Å². The minimum absolute atomic E-state index is 0.0768. The number of rotatable bonds is 7. The Morgan fingerprint density at radius 3 is 2.44 bits per heavy atom. The Hall–Kier alpha value is -4.43. The first-order chi connectivity index (χ1) is 18.8. The SMILES string of the molecule is CCC[C@@]1(O)c2ccccc2N1c1cc(-c2c(C(=O)OC)c(C(=O)OC)cc3cc(OC)c(C)cc23)ccn1. The zero-order valence-corrected chi connectivity index (χ0v) is 22.6. The lowest BCUT2D eigenvalue weighted by atomic mass is 9.85. The monoisotopic (exact) mass is 526 g/mol. The lowest BCUT2D eigenvalue weighted by Crippen LogP contribution is -2.52. The van der Waals surface area contributed by atoms with E-state index < -0.39 is 17.7 Å². The van der Waals surface area contributed by atoms with Crippen molar-refractivity contribution in [1.29, 1.82) is 0 Å². The molecule has 3 aromatic carbocycles. The second kappa shape index (κ2) is 10.0. The number of ether oxygens (including phenoxy) is 3. The van der Waals surface area contributed by atoms with Gasteiger partial charge in [-0.05, 0) is 71.6 Å². The van der Waals surface area contributed by atoms with Crippen molar-refractivity contribution in [1.82, 2.24) is 4.98 Å². The average Bonchev–Trinajstić information content (AvgIpc) is 2.95. The maximum atomic E-state index is 13.2. The number of hydrogen-bond acceptors (Lipinski definition) is 8. The zero-order valence-electron chi connectivity index (χ0n) is 22.6. The molecule has 0 fully saturated rings. The van der Waals surface area contributed by atoms with Crippen LogP contribution in [-0.4, -0.2) is 43.4 Å². The second-order valence-electron chi connectivity index (χ2n) is 9.52. The van der Waals surface area contributed by atoms with Crippen LogP contribution in [0.2, 0.25) is 0 Å². The molecule has 39 heavy (non-hydrogen) atoms. The molecule has 8 nitrogen and oxygen atoms in total. The number of carbonyl (C=O) groups excluding carboxylic acids is 2. The van der Waals surface area contributed by atoms with Gasteiger partial charge in [0, 0.05) is 17.3 Å². The van der Waals surface area contributed by atoms with Crippen molar-refractivity contribution in [3.63, 3.8) is 0 Å². The molecule has 1 N–H and O–H groups in total. The molecule has 5 rings (SSSR count). The van der Waals surface area contributed by atoms with Crippen LogP contribution in [0.5, 0.6) is 5.75 Å². The van der Waals surface area contributed by atoms with E-state index in [2.05, 4.69) is 4.98 Å². The summed E-state index contributed by atoms with van der Waals surface area (Å²) in [5, 5.41) is 13.1. The van der Waals surface area contributed by atoms with E-state index in [9.17, 15) is 14.7 Å². The number of nitrogens with zero attached hydrogens (tertiary/aromatic N) is 2. The van der Waals surface area contributed by atoms with Crippen LogP contribution in [0.25, 0.3) is 21.9 Å².